The Bertz CT molecular complexity index is 955. The van der Waals surface area contributed by atoms with Crippen molar-refractivity contribution < 1.29 is 14.3 Å². The van der Waals surface area contributed by atoms with Gasteiger partial charge in [0.25, 0.3) is 0 Å². The fourth-order valence-corrected chi connectivity index (χ4v) is 5.39. The first-order valence-corrected chi connectivity index (χ1v) is 13.6. The molecule has 2 atom stereocenters. The van der Waals surface area contributed by atoms with Gasteiger partial charge in [0.15, 0.2) is 0 Å². The van der Waals surface area contributed by atoms with Gasteiger partial charge in [0.2, 0.25) is 0 Å². The summed E-state index contributed by atoms with van der Waals surface area (Å²) < 4.78 is 11.3. The number of carbonyl (C=O) groups is 1. The first-order chi connectivity index (χ1) is 17.6. The number of piperidine rings is 1. The van der Waals surface area contributed by atoms with Gasteiger partial charge in [0.05, 0.1) is 19.8 Å². The topological polar surface area (TPSA) is 62.8 Å². The number of nitrogens with zero attached hydrogens (tertiary/aromatic N) is 1. The Morgan fingerprint density at radius 3 is 2.81 bits per heavy atom. The predicted octanol–water partition coefficient (Wildman–Crippen LogP) is 5.69. The van der Waals surface area contributed by atoms with Crippen molar-refractivity contribution >= 4 is 17.7 Å². The number of unbranched alkanes of at least 4 members (excludes halogenated alkanes) is 1. The second-order valence-corrected chi connectivity index (χ2v) is 9.89. The lowest BCUT2D eigenvalue weighted by atomic mass is 9.84. The van der Waals surface area contributed by atoms with Gasteiger partial charge < -0.3 is 25.0 Å². The zero-order valence-electron chi connectivity index (χ0n) is 22.0. The summed E-state index contributed by atoms with van der Waals surface area (Å²) in [6.07, 6.45) is 5.03. The van der Waals surface area contributed by atoms with Gasteiger partial charge in [-0.1, -0.05) is 54.9 Å². The number of nitrogens with one attached hydrogen (secondary N) is 2. The summed E-state index contributed by atoms with van der Waals surface area (Å²) in [6.45, 7) is 7.25. The fraction of sp³-hybridized carbons (Fsp3) is 0.552. The van der Waals surface area contributed by atoms with Crippen LogP contribution >= 0.6 is 11.6 Å². The van der Waals surface area contributed by atoms with E-state index in [4.69, 9.17) is 21.1 Å². The van der Waals surface area contributed by atoms with Crippen LogP contribution in [-0.4, -0.2) is 64.5 Å². The van der Waals surface area contributed by atoms with Crippen LogP contribution in [0.4, 0.5) is 4.79 Å². The molecule has 0 spiro atoms. The van der Waals surface area contributed by atoms with Crippen LogP contribution in [0, 0.1) is 5.92 Å². The quantitative estimate of drug-likeness (QED) is 0.335. The molecule has 6 nitrogen and oxygen atoms in total. The minimum Gasteiger partial charge on any atom is -0.453 e. The highest BCUT2D eigenvalue weighted by Crippen LogP contribution is 2.41. The average molecular weight is 516 g/mol. The third-order valence-corrected chi connectivity index (χ3v) is 7.27. The Hall–Kier alpha value is -2.12. The molecule has 2 aromatic carbocycles. The number of aryl methyl sites for hydroxylation is 1. The highest BCUT2D eigenvalue weighted by Gasteiger charge is 2.31. The Kier molecular flexibility index (Phi) is 12.0. The van der Waals surface area contributed by atoms with Crippen LogP contribution in [0.5, 0.6) is 0 Å². The second-order valence-electron chi connectivity index (χ2n) is 9.48. The Morgan fingerprint density at radius 2 is 2.03 bits per heavy atom. The molecule has 2 aromatic rings. The molecule has 1 aliphatic rings. The molecule has 2 N–H and O–H groups in total. The van der Waals surface area contributed by atoms with Crippen LogP contribution in [0.3, 0.4) is 0 Å². The molecule has 36 heavy (non-hydrogen) atoms. The van der Waals surface area contributed by atoms with E-state index in [1.165, 1.54) is 25.5 Å². The smallest absolute Gasteiger partial charge is 0.406 e. The number of alkyl carbamates (subject to hydrolysis) is 1. The number of rotatable bonds is 13. The number of hydrogen-bond donors (Lipinski definition) is 2. The maximum Gasteiger partial charge on any atom is 0.406 e. The van der Waals surface area contributed by atoms with Crippen LogP contribution < -0.4 is 10.6 Å². The summed E-state index contributed by atoms with van der Waals surface area (Å²) in [4.78, 5) is 14.1. The molecule has 1 heterocycles. The number of ether oxygens (including phenoxy) is 2. The normalized spacial score (nSPS) is 17.1. The molecular weight excluding hydrogens is 474 g/mol. The first kappa shape index (κ1) is 28.5. The summed E-state index contributed by atoms with van der Waals surface area (Å²) in [5.41, 5.74) is 4.57. The highest BCUT2D eigenvalue weighted by molar-refractivity contribution is 6.33. The van der Waals surface area contributed by atoms with E-state index in [-0.39, 0.29) is 6.10 Å². The second kappa shape index (κ2) is 15.2. The molecule has 0 unspecified atom stereocenters. The highest BCUT2D eigenvalue weighted by atomic mass is 35.5. The standard InChI is InChI=1S/C29H42ClN3O3/c1-4-22-10-7-11-23(20-22)27-25(13-8-14-26(27)30)28(36-19-16-32-29(34)35-3)24-12-9-18-33(21-24)17-6-5-15-31-2/h7-8,10-11,13-14,20,24,28,31H,4-6,9,12,15-19,21H2,1-3H3,(H,32,34)/t24-,28-/m1/s1. The van der Waals surface area contributed by atoms with Gasteiger partial charge in [-0.3, -0.25) is 0 Å². The van der Waals surface area contributed by atoms with Crippen LogP contribution in [-0.2, 0) is 15.9 Å². The van der Waals surface area contributed by atoms with Gasteiger partial charge in [-0.25, -0.2) is 4.79 Å². The summed E-state index contributed by atoms with van der Waals surface area (Å²) in [7, 11) is 3.38. The van der Waals surface area contributed by atoms with Gasteiger partial charge in [0.1, 0.15) is 0 Å². The van der Waals surface area contributed by atoms with E-state index < -0.39 is 6.09 Å². The summed E-state index contributed by atoms with van der Waals surface area (Å²) in [5, 5.41) is 6.71. The third kappa shape index (κ3) is 8.20. The lowest BCUT2D eigenvalue weighted by Crippen LogP contribution is -2.39. The van der Waals surface area contributed by atoms with Crippen molar-refractivity contribution in [1.29, 1.82) is 0 Å². The summed E-state index contributed by atoms with van der Waals surface area (Å²) in [5.74, 6) is 0.341. The monoisotopic (exact) mass is 515 g/mol. The van der Waals surface area contributed by atoms with E-state index in [1.54, 1.807) is 0 Å². The van der Waals surface area contributed by atoms with Gasteiger partial charge in [-0.2, -0.15) is 0 Å². The van der Waals surface area contributed by atoms with Gasteiger partial charge in [-0.05, 0) is 81.5 Å². The number of hydrogen-bond acceptors (Lipinski definition) is 5. The number of methoxy groups -OCH3 is 1. The zero-order chi connectivity index (χ0) is 25.8. The molecule has 0 radical (unpaired) electrons. The molecule has 3 rings (SSSR count). The largest absolute Gasteiger partial charge is 0.453 e. The van der Waals surface area contributed by atoms with Crippen LogP contribution in [0.2, 0.25) is 5.02 Å². The third-order valence-electron chi connectivity index (χ3n) is 6.95. The number of likely N-dealkylation sites (tertiary alicyclic amines) is 1. The van der Waals surface area contributed by atoms with E-state index in [1.807, 2.05) is 19.2 Å². The van der Waals surface area contributed by atoms with E-state index in [9.17, 15) is 4.79 Å². The lowest BCUT2D eigenvalue weighted by molar-refractivity contribution is -0.0141. The SMILES string of the molecule is CCc1cccc(-c2c(Cl)cccc2[C@H](OCCNC(=O)OC)[C@@H]2CCCN(CCCCNC)C2)c1. The molecule has 1 aliphatic heterocycles. The molecule has 7 heteroatoms. The van der Waals surface area contributed by atoms with Crippen LogP contribution in [0.25, 0.3) is 11.1 Å². The molecule has 198 valence electrons. The van der Waals surface area contributed by atoms with E-state index in [0.717, 1.165) is 67.2 Å². The zero-order valence-corrected chi connectivity index (χ0v) is 22.8. The molecular formula is C29H42ClN3O3. The Balaban J connectivity index is 1.87. The van der Waals surface area contributed by atoms with Gasteiger partial charge in [0, 0.05) is 29.6 Å². The number of carbonyl (C=O) groups excluding carboxylic acids is 1. The fourth-order valence-electron chi connectivity index (χ4n) is 5.10. The van der Waals surface area contributed by atoms with Crippen molar-refractivity contribution in [2.45, 2.75) is 45.1 Å². The minimum atomic E-state index is -0.444. The molecule has 0 aliphatic carbocycles. The number of benzene rings is 2. The maximum absolute atomic E-state index is 11.5. The lowest BCUT2D eigenvalue weighted by Gasteiger charge is -2.38. The van der Waals surface area contributed by atoms with Gasteiger partial charge >= 0.3 is 6.09 Å². The molecule has 0 aromatic heterocycles. The van der Waals surface area contributed by atoms with Crippen molar-refractivity contribution in [2.24, 2.45) is 5.92 Å². The van der Waals surface area contributed by atoms with Gasteiger partial charge in [-0.15, -0.1) is 0 Å². The van der Waals surface area contributed by atoms with Crippen molar-refractivity contribution in [3.63, 3.8) is 0 Å². The van der Waals surface area contributed by atoms with Crippen LogP contribution in [0.15, 0.2) is 42.5 Å². The van der Waals surface area contributed by atoms with E-state index >= 15 is 0 Å². The molecule has 0 bridgehead atoms. The maximum atomic E-state index is 11.5. The van der Waals surface area contributed by atoms with Crippen molar-refractivity contribution in [2.75, 3.05) is 53.5 Å². The Morgan fingerprint density at radius 1 is 1.19 bits per heavy atom. The van der Waals surface area contributed by atoms with Crippen molar-refractivity contribution in [1.82, 2.24) is 15.5 Å². The van der Waals surface area contributed by atoms with E-state index in [0.29, 0.717) is 19.1 Å². The number of halogens is 1. The molecule has 1 saturated heterocycles. The van der Waals surface area contributed by atoms with Crippen LogP contribution in [0.1, 0.15) is 49.8 Å². The number of amides is 1. The summed E-state index contributed by atoms with van der Waals surface area (Å²) >= 11 is 6.85. The van der Waals surface area contributed by atoms with Crippen molar-refractivity contribution in [3.05, 3.63) is 58.6 Å². The molecule has 1 amide bonds. The first-order valence-electron chi connectivity index (χ1n) is 13.3. The molecule has 0 saturated carbocycles. The summed E-state index contributed by atoms with van der Waals surface area (Å²) in [6, 6.07) is 14.8. The van der Waals surface area contributed by atoms with Crippen molar-refractivity contribution in [3.8, 4) is 11.1 Å². The molecule has 1 fully saturated rings. The predicted molar refractivity (Wildman–Crippen MR) is 148 cm³/mol. The average Bonchev–Trinajstić information content (AvgIpc) is 2.91. The minimum absolute atomic E-state index is 0.122. The van der Waals surface area contributed by atoms with E-state index in [2.05, 4.69) is 52.8 Å². The Labute approximate surface area is 221 Å².